The molecule has 0 N–H and O–H groups in total. The molecule has 0 fully saturated rings. The fraction of sp³-hybridized carbons (Fsp3) is 0.250. The monoisotopic (exact) mass is 262 g/mol. The van der Waals surface area contributed by atoms with E-state index in [1.54, 1.807) is 0 Å². The molecule has 0 heterocycles. The molecule has 0 spiro atoms. The third-order valence-electron chi connectivity index (χ3n) is 1.86. The van der Waals surface area contributed by atoms with Crippen LogP contribution in [0.4, 0.5) is 13.2 Å². The standard InChI is InChI=1S/C8H7F3O3S.Na/c1-5-6(8(9,10)11)3-2-4-7(5)15(12,13)14;/h2-4H,1H3,(H,12,13,14);/q;+1/p-1. The molecule has 0 aliphatic heterocycles. The number of halogens is 3. The summed E-state index contributed by atoms with van der Waals surface area (Å²) >= 11 is 0. The van der Waals surface area contributed by atoms with E-state index in [2.05, 4.69) is 0 Å². The molecule has 0 unspecified atom stereocenters. The number of rotatable bonds is 1. The van der Waals surface area contributed by atoms with Crippen LogP contribution in [0.2, 0.25) is 0 Å². The average molecular weight is 262 g/mol. The first kappa shape index (κ1) is 15.9. The van der Waals surface area contributed by atoms with Crippen molar-refractivity contribution in [1.82, 2.24) is 0 Å². The van der Waals surface area contributed by atoms with Gasteiger partial charge in [-0.1, -0.05) is 6.07 Å². The third-order valence-corrected chi connectivity index (χ3v) is 2.84. The molecule has 0 bridgehead atoms. The van der Waals surface area contributed by atoms with E-state index in [-0.39, 0.29) is 29.6 Å². The molecular formula is C8H6F3NaO3S. The van der Waals surface area contributed by atoms with Crippen molar-refractivity contribution in [1.29, 1.82) is 0 Å². The van der Waals surface area contributed by atoms with Crippen molar-refractivity contribution in [2.24, 2.45) is 0 Å². The van der Waals surface area contributed by atoms with Crippen LogP contribution in [-0.4, -0.2) is 13.0 Å². The Labute approximate surface area is 113 Å². The van der Waals surface area contributed by atoms with Gasteiger partial charge in [-0.2, -0.15) is 13.2 Å². The molecule has 0 aliphatic carbocycles. The summed E-state index contributed by atoms with van der Waals surface area (Å²) in [6, 6.07) is 2.47. The van der Waals surface area contributed by atoms with E-state index >= 15 is 0 Å². The maximum atomic E-state index is 12.3. The Bertz CT molecular complexity index is 482. The fourth-order valence-electron chi connectivity index (χ4n) is 1.19. The summed E-state index contributed by atoms with van der Waals surface area (Å²) in [6.07, 6.45) is -4.66. The van der Waals surface area contributed by atoms with Crippen LogP contribution in [0.5, 0.6) is 0 Å². The Kier molecular flexibility index (Phi) is 5.03. The summed E-state index contributed by atoms with van der Waals surface area (Å²) in [5.41, 5.74) is -1.68. The quantitative estimate of drug-likeness (QED) is 0.478. The molecule has 8 heteroatoms. The summed E-state index contributed by atoms with van der Waals surface area (Å²) in [5, 5.41) is 0. The minimum absolute atomic E-state index is 0. The van der Waals surface area contributed by atoms with Gasteiger partial charge in [0.1, 0.15) is 10.1 Å². The van der Waals surface area contributed by atoms with E-state index in [1.165, 1.54) is 0 Å². The van der Waals surface area contributed by atoms with Crippen LogP contribution in [-0.2, 0) is 16.3 Å². The van der Waals surface area contributed by atoms with Crippen molar-refractivity contribution in [2.75, 3.05) is 0 Å². The molecule has 84 valence electrons. The molecule has 1 aromatic rings. The largest absolute Gasteiger partial charge is 1.00 e. The zero-order valence-electron chi connectivity index (χ0n) is 8.50. The topological polar surface area (TPSA) is 57.2 Å². The van der Waals surface area contributed by atoms with Crippen LogP contribution in [0.3, 0.4) is 0 Å². The van der Waals surface area contributed by atoms with Gasteiger partial charge in [-0.15, -0.1) is 0 Å². The van der Waals surface area contributed by atoms with Gasteiger partial charge in [-0.25, -0.2) is 8.42 Å². The van der Waals surface area contributed by atoms with Gasteiger partial charge in [0, 0.05) is 0 Å². The zero-order chi connectivity index (χ0) is 11.9. The molecule has 3 nitrogen and oxygen atoms in total. The van der Waals surface area contributed by atoms with Crippen LogP contribution in [0.15, 0.2) is 23.1 Å². The summed E-state index contributed by atoms with van der Waals surface area (Å²) in [6.45, 7) is 0.952. The first-order valence-electron chi connectivity index (χ1n) is 3.77. The SMILES string of the molecule is Cc1c(C(F)(F)F)cccc1S(=O)(=O)[O-].[Na+]. The summed E-state index contributed by atoms with van der Waals surface area (Å²) in [5.74, 6) is 0. The molecule has 0 saturated carbocycles. The molecule has 0 aromatic heterocycles. The Morgan fingerprint density at radius 1 is 1.25 bits per heavy atom. The van der Waals surface area contributed by atoms with Gasteiger partial charge >= 0.3 is 35.7 Å². The van der Waals surface area contributed by atoms with E-state index in [1.807, 2.05) is 0 Å². The third kappa shape index (κ3) is 3.46. The van der Waals surface area contributed by atoms with Gasteiger partial charge in [-0.3, -0.25) is 0 Å². The molecule has 0 aliphatic rings. The van der Waals surface area contributed by atoms with Crippen LogP contribution < -0.4 is 29.6 Å². The Balaban J connectivity index is 0.00000225. The summed E-state index contributed by atoms with van der Waals surface area (Å²) in [4.78, 5) is -0.836. The second kappa shape index (κ2) is 5.05. The molecule has 16 heavy (non-hydrogen) atoms. The molecule has 0 radical (unpaired) electrons. The smallest absolute Gasteiger partial charge is 0.744 e. The van der Waals surface area contributed by atoms with Crippen LogP contribution in [0, 0.1) is 6.92 Å². The van der Waals surface area contributed by atoms with E-state index in [9.17, 15) is 26.1 Å². The van der Waals surface area contributed by atoms with E-state index in [0.29, 0.717) is 0 Å². The molecular weight excluding hydrogens is 256 g/mol. The van der Waals surface area contributed by atoms with Crippen molar-refractivity contribution >= 4 is 10.1 Å². The zero-order valence-corrected chi connectivity index (χ0v) is 11.3. The minimum atomic E-state index is -4.87. The Morgan fingerprint density at radius 3 is 2.12 bits per heavy atom. The van der Waals surface area contributed by atoms with Crippen molar-refractivity contribution in [2.45, 2.75) is 18.0 Å². The maximum Gasteiger partial charge on any atom is 1.00 e. The Hall–Kier alpha value is -0.0800. The average Bonchev–Trinajstić information content (AvgIpc) is 1.99. The van der Waals surface area contributed by atoms with E-state index in [4.69, 9.17) is 0 Å². The second-order valence-corrected chi connectivity index (χ2v) is 4.23. The number of hydrogen-bond acceptors (Lipinski definition) is 3. The molecule has 0 amide bonds. The van der Waals surface area contributed by atoms with Gasteiger partial charge in [0.05, 0.1) is 10.5 Å². The first-order chi connectivity index (χ1) is 6.64. The fourth-order valence-corrected chi connectivity index (χ4v) is 1.92. The summed E-state index contributed by atoms with van der Waals surface area (Å²) < 4.78 is 68.8. The first-order valence-corrected chi connectivity index (χ1v) is 5.17. The van der Waals surface area contributed by atoms with Gasteiger partial charge in [-0.05, 0) is 24.6 Å². The number of hydrogen-bond donors (Lipinski definition) is 0. The minimum Gasteiger partial charge on any atom is -0.744 e. The van der Waals surface area contributed by atoms with Gasteiger partial charge < -0.3 is 4.55 Å². The predicted molar refractivity (Wildman–Crippen MR) is 44.1 cm³/mol. The number of alkyl halides is 3. The molecule has 1 rings (SSSR count). The van der Waals surface area contributed by atoms with Crippen molar-refractivity contribution in [3.63, 3.8) is 0 Å². The van der Waals surface area contributed by atoms with Crippen molar-refractivity contribution in [3.8, 4) is 0 Å². The predicted octanol–water partition coefficient (Wildman–Crippen LogP) is -1.08. The van der Waals surface area contributed by atoms with Gasteiger partial charge in [0.15, 0.2) is 0 Å². The van der Waals surface area contributed by atoms with E-state index < -0.39 is 32.3 Å². The van der Waals surface area contributed by atoms with Crippen molar-refractivity contribution < 1.29 is 55.7 Å². The number of benzene rings is 1. The Morgan fingerprint density at radius 2 is 1.75 bits per heavy atom. The second-order valence-electron chi connectivity index (χ2n) is 2.88. The maximum absolute atomic E-state index is 12.3. The van der Waals surface area contributed by atoms with Crippen molar-refractivity contribution in [3.05, 3.63) is 29.3 Å². The van der Waals surface area contributed by atoms with Crippen LogP contribution in [0.25, 0.3) is 0 Å². The van der Waals surface area contributed by atoms with Crippen LogP contribution in [0.1, 0.15) is 11.1 Å². The van der Waals surface area contributed by atoms with E-state index in [0.717, 1.165) is 25.1 Å². The van der Waals surface area contributed by atoms with Gasteiger partial charge in [0.25, 0.3) is 0 Å². The summed E-state index contributed by atoms with van der Waals surface area (Å²) in [7, 11) is -4.87. The normalized spacial score (nSPS) is 12.1. The van der Waals surface area contributed by atoms with Gasteiger partial charge in [0.2, 0.25) is 0 Å². The molecule has 0 atom stereocenters. The van der Waals surface area contributed by atoms with Crippen LogP contribution >= 0.6 is 0 Å². The molecule has 1 aromatic carbocycles. The molecule has 0 saturated heterocycles.